The van der Waals surface area contributed by atoms with Crippen LogP contribution in [0.15, 0.2) is 23.5 Å². The molecule has 0 fully saturated rings. The van der Waals surface area contributed by atoms with Crippen molar-refractivity contribution in [3.63, 3.8) is 0 Å². The van der Waals surface area contributed by atoms with E-state index in [2.05, 4.69) is 10.2 Å². The van der Waals surface area contributed by atoms with E-state index in [-0.39, 0.29) is 11.5 Å². The van der Waals surface area contributed by atoms with E-state index in [0.29, 0.717) is 5.65 Å². The molecule has 2 heterocycles. The molecule has 2 aromatic heterocycles. The number of pyridine rings is 1. The van der Waals surface area contributed by atoms with Crippen LogP contribution in [0.1, 0.15) is 16.1 Å². The monoisotopic (exact) mass is 205 g/mol. The number of nitroso groups, excluding NO2 is 1. The summed E-state index contributed by atoms with van der Waals surface area (Å²) in [6, 6.07) is 3.43. The number of rotatable bonds is 2. The molecule has 0 bridgehead atoms. The maximum Gasteiger partial charge on any atom is 0.358 e. The molecule has 0 radical (unpaired) electrons. The first-order chi connectivity index (χ1) is 7.13. The Hall–Kier alpha value is -2.24. The minimum absolute atomic E-state index is 0.183. The summed E-state index contributed by atoms with van der Waals surface area (Å²) in [5.74, 6) is -1.44. The van der Waals surface area contributed by atoms with E-state index < -0.39 is 5.97 Å². The van der Waals surface area contributed by atoms with Crippen molar-refractivity contribution in [3.05, 3.63) is 34.5 Å². The predicted octanol–water partition coefficient (Wildman–Crippen LogP) is 1.74. The molecule has 2 rings (SSSR count). The summed E-state index contributed by atoms with van der Waals surface area (Å²) in [6.07, 6.45) is 1.57. The van der Waals surface area contributed by atoms with Gasteiger partial charge in [0.15, 0.2) is 5.69 Å². The van der Waals surface area contributed by atoms with Gasteiger partial charge in [0.05, 0.1) is 0 Å². The maximum absolute atomic E-state index is 10.8. The molecule has 0 spiro atoms. The highest BCUT2D eigenvalue weighted by Gasteiger charge is 2.18. The number of hydrogen-bond acceptors (Lipinski definition) is 4. The molecule has 0 amide bonds. The second-order valence-electron chi connectivity index (χ2n) is 3.11. The van der Waals surface area contributed by atoms with Crippen molar-refractivity contribution in [1.29, 1.82) is 0 Å². The molecule has 0 atom stereocenters. The summed E-state index contributed by atoms with van der Waals surface area (Å²) < 4.78 is 1.35. The quantitative estimate of drug-likeness (QED) is 0.756. The largest absolute Gasteiger partial charge is 0.476 e. The molecule has 0 aromatic carbocycles. The number of carboxylic acids is 1. The lowest BCUT2D eigenvalue weighted by Crippen LogP contribution is -1.96. The van der Waals surface area contributed by atoms with Crippen molar-refractivity contribution < 1.29 is 9.90 Å². The number of nitrogens with zero attached hydrogens (tertiary/aromatic N) is 3. The molecule has 0 saturated heterocycles. The lowest BCUT2D eigenvalue weighted by atomic mass is 10.3. The molecule has 1 N–H and O–H groups in total. The van der Waals surface area contributed by atoms with Crippen molar-refractivity contribution >= 4 is 17.4 Å². The zero-order chi connectivity index (χ0) is 11.0. The first-order valence-electron chi connectivity index (χ1n) is 4.19. The fraction of sp³-hybridized carbons (Fsp3) is 0.111. The van der Waals surface area contributed by atoms with Crippen molar-refractivity contribution in [2.24, 2.45) is 5.18 Å². The van der Waals surface area contributed by atoms with Crippen molar-refractivity contribution in [3.8, 4) is 0 Å². The number of aromatic carboxylic acids is 1. The number of carbonyl (C=O) groups is 1. The van der Waals surface area contributed by atoms with Gasteiger partial charge < -0.3 is 5.11 Å². The number of carboxylic acid groups (broad SMARTS) is 1. The van der Waals surface area contributed by atoms with Gasteiger partial charge in [-0.3, -0.25) is 4.40 Å². The van der Waals surface area contributed by atoms with Crippen LogP contribution >= 0.6 is 0 Å². The first kappa shape index (κ1) is 9.32. The summed E-state index contributed by atoms with van der Waals surface area (Å²) in [5, 5.41) is 11.5. The molecule has 0 saturated carbocycles. The van der Waals surface area contributed by atoms with E-state index in [9.17, 15) is 9.70 Å². The Morgan fingerprint density at radius 3 is 2.93 bits per heavy atom. The lowest BCUT2D eigenvalue weighted by Gasteiger charge is -1.94. The molecule has 6 heteroatoms. The Morgan fingerprint density at radius 2 is 2.33 bits per heavy atom. The molecule has 2 aromatic rings. The molecule has 0 aliphatic rings. The number of aryl methyl sites for hydroxylation is 1. The standard InChI is InChI=1S/C9H7N3O3/c1-5-2-3-12-6(4-5)10-7(9(13)14)8(12)11-15/h2-4H,1H3,(H,13,14). The molecular formula is C9H7N3O3. The van der Waals surface area contributed by atoms with E-state index in [1.807, 2.05) is 6.92 Å². The van der Waals surface area contributed by atoms with Crippen LogP contribution in [0.4, 0.5) is 5.82 Å². The van der Waals surface area contributed by atoms with Crippen LogP contribution in [-0.4, -0.2) is 20.5 Å². The van der Waals surface area contributed by atoms with Crippen LogP contribution in [0.3, 0.4) is 0 Å². The number of imidazole rings is 1. The smallest absolute Gasteiger partial charge is 0.358 e. The SMILES string of the molecule is Cc1ccn2c(N=O)c(C(=O)O)nc2c1. The van der Waals surface area contributed by atoms with Crippen LogP contribution in [-0.2, 0) is 0 Å². The van der Waals surface area contributed by atoms with Crippen LogP contribution in [0.2, 0.25) is 0 Å². The highest BCUT2D eigenvalue weighted by Crippen LogP contribution is 2.21. The summed E-state index contributed by atoms with van der Waals surface area (Å²) in [6.45, 7) is 1.85. The highest BCUT2D eigenvalue weighted by atomic mass is 16.4. The average Bonchev–Trinajstić information content (AvgIpc) is 2.55. The predicted molar refractivity (Wildman–Crippen MR) is 52.3 cm³/mol. The Morgan fingerprint density at radius 1 is 1.60 bits per heavy atom. The maximum atomic E-state index is 10.8. The fourth-order valence-electron chi connectivity index (χ4n) is 1.36. The fourth-order valence-corrected chi connectivity index (χ4v) is 1.36. The molecule has 15 heavy (non-hydrogen) atoms. The third-order valence-electron chi connectivity index (χ3n) is 2.05. The van der Waals surface area contributed by atoms with Gasteiger partial charge in [-0.1, -0.05) is 0 Å². The second kappa shape index (κ2) is 3.16. The molecular weight excluding hydrogens is 198 g/mol. The zero-order valence-corrected chi connectivity index (χ0v) is 7.84. The van der Waals surface area contributed by atoms with Gasteiger partial charge in [0, 0.05) is 6.20 Å². The summed E-state index contributed by atoms with van der Waals surface area (Å²) in [5.41, 5.74) is 1.01. The van der Waals surface area contributed by atoms with Gasteiger partial charge in [0.25, 0.3) is 0 Å². The summed E-state index contributed by atoms with van der Waals surface area (Å²) in [4.78, 5) is 25.1. The van der Waals surface area contributed by atoms with Crippen molar-refractivity contribution in [2.75, 3.05) is 0 Å². The normalized spacial score (nSPS) is 10.5. The summed E-state index contributed by atoms with van der Waals surface area (Å²) >= 11 is 0. The second-order valence-corrected chi connectivity index (χ2v) is 3.11. The van der Waals surface area contributed by atoms with Gasteiger partial charge in [-0.05, 0) is 29.8 Å². The highest BCUT2D eigenvalue weighted by molar-refractivity contribution is 5.91. The van der Waals surface area contributed by atoms with E-state index in [4.69, 9.17) is 5.11 Å². The van der Waals surface area contributed by atoms with E-state index in [1.54, 1.807) is 18.3 Å². The minimum atomic E-state index is -1.26. The van der Waals surface area contributed by atoms with E-state index >= 15 is 0 Å². The van der Waals surface area contributed by atoms with E-state index in [1.165, 1.54) is 4.40 Å². The topological polar surface area (TPSA) is 84.0 Å². The van der Waals surface area contributed by atoms with E-state index in [0.717, 1.165) is 5.56 Å². The summed E-state index contributed by atoms with van der Waals surface area (Å²) in [7, 11) is 0. The molecule has 0 aliphatic carbocycles. The Bertz CT molecular complexity index is 559. The van der Waals surface area contributed by atoms with Crippen LogP contribution in [0, 0.1) is 11.8 Å². The first-order valence-corrected chi connectivity index (χ1v) is 4.19. The number of fused-ring (bicyclic) bond motifs is 1. The number of hydrogen-bond donors (Lipinski definition) is 1. The van der Waals surface area contributed by atoms with Crippen molar-refractivity contribution in [2.45, 2.75) is 6.92 Å². The molecule has 76 valence electrons. The van der Waals surface area contributed by atoms with Gasteiger partial charge >= 0.3 is 5.97 Å². The number of aromatic nitrogens is 2. The lowest BCUT2D eigenvalue weighted by molar-refractivity contribution is 0.0692. The van der Waals surface area contributed by atoms with Crippen LogP contribution in [0.5, 0.6) is 0 Å². The van der Waals surface area contributed by atoms with Crippen LogP contribution < -0.4 is 0 Å². The third-order valence-corrected chi connectivity index (χ3v) is 2.05. The van der Waals surface area contributed by atoms with Gasteiger partial charge in [-0.15, -0.1) is 4.91 Å². The molecule has 0 unspecified atom stereocenters. The minimum Gasteiger partial charge on any atom is -0.476 e. The third kappa shape index (κ3) is 1.35. The van der Waals surface area contributed by atoms with Crippen molar-refractivity contribution in [1.82, 2.24) is 9.38 Å². The Balaban J connectivity index is 2.84. The van der Waals surface area contributed by atoms with Gasteiger partial charge in [0.1, 0.15) is 5.65 Å². The van der Waals surface area contributed by atoms with Gasteiger partial charge in [-0.2, -0.15) is 0 Å². The molecule has 0 aliphatic heterocycles. The average molecular weight is 205 g/mol. The van der Waals surface area contributed by atoms with Gasteiger partial charge in [0.2, 0.25) is 5.82 Å². The Kier molecular flexibility index (Phi) is 1.96. The zero-order valence-electron chi connectivity index (χ0n) is 7.84. The molecule has 6 nitrogen and oxygen atoms in total. The van der Waals surface area contributed by atoms with Crippen LogP contribution in [0.25, 0.3) is 5.65 Å². The Labute approximate surface area is 84.1 Å². The van der Waals surface area contributed by atoms with Gasteiger partial charge in [-0.25, -0.2) is 9.78 Å².